The van der Waals surface area contributed by atoms with Crippen molar-refractivity contribution in [1.82, 2.24) is 14.8 Å². The first kappa shape index (κ1) is 21.6. The van der Waals surface area contributed by atoms with Crippen LogP contribution < -0.4 is 10.1 Å². The molecule has 6 nitrogen and oxygen atoms in total. The van der Waals surface area contributed by atoms with Gasteiger partial charge in [-0.15, -0.1) is 10.2 Å². The van der Waals surface area contributed by atoms with Crippen molar-refractivity contribution in [2.24, 2.45) is 0 Å². The van der Waals surface area contributed by atoms with Gasteiger partial charge in [-0.3, -0.25) is 9.36 Å². The molecule has 1 heterocycles. The highest BCUT2D eigenvalue weighted by atomic mass is 32.2. The molecule has 1 N–H and O–H groups in total. The normalized spacial score (nSPS) is 10.7. The second-order valence-corrected chi connectivity index (χ2v) is 8.36. The van der Waals surface area contributed by atoms with Gasteiger partial charge in [-0.25, -0.2) is 0 Å². The second-order valence-electron chi connectivity index (χ2n) is 7.42. The van der Waals surface area contributed by atoms with Crippen molar-refractivity contribution < 1.29 is 9.53 Å². The number of aromatic nitrogens is 3. The van der Waals surface area contributed by atoms with Crippen LogP contribution in [0.1, 0.15) is 11.1 Å². The zero-order valence-corrected chi connectivity index (χ0v) is 19.0. The number of amides is 1. The summed E-state index contributed by atoms with van der Waals surface area (Å²) in [6, 6.07) is 23.6. The van der Waals surface area contributed by atoms with Gasteiger partial charge in [0.15, 0.2) is 11.0 Å². The minimum Gasteiger partial charge on any atom is -0.497 e. The van der Waals surface area contributed by atoms with Crippen LogP contribution in [-0.2, 0) is 4.79 Å². The highest BCUT2D eigenvalue weighted by Crippen LogP contribution is 2.29. The molecule has 32 heavy (non-hydrogen) atoms. The van der Waals surface area contributed by atoms with E-state index in [-0.39, 0.29) is 11.7 Å². The van der Waals surface area contributed by atoms with Crippen LogP contribution in [0.25, 0.3) is 17.1 Å². The number of anilines is 1. The summed E-state index contributed by atoms with van der Waals surface area (Å²) in [5, 5.41) is 12.4. The lowest BCUT2D eigenvalue weighted by Crippen LogP contribution is -2.14. The number of nitrogens with zero attached hydrogens (tertiary/aromatic N) is 3. The van der Waals surface area contributed by atoms with Gasteiger partial charge in [-0.2, -0.15) is 0 Å². The summed E-state index contributed by atoms with van der Waals surface area (Å²) in [5.41, 5.74) is 4.87. The highest BCUT2D eigenvalue weighted by Gasteiger charge is 2.17. The van der Waals surface area contributed by atoms with Crippen LogP contribution in [0.2, 0.25) is 0 Å². The fraction of sp³-hybridized carbons (Fsp3) is 0.160. The lowest BCUT2D eigenvalue weighted by Gasteiger charge is -2.11. The van der Waals surface area contributed by atoms with Crippen LogP contribution in [0.15, 0.2) is 78.0 Å². The molecule has 3 aromatic carbocycles. The Morgan fingerprint density at radius 2 is 1.66 bits per heavy atom. The lowest BCUT2D eigenvalue weighted by atomic mass is 10.1. The topological polar surface area (TPSA) is 69.0 Å². The number of benzene rings is 3. The van der Waals surface area contributed by atoms with Crippen LogP contribution in [0, 0.1) is 13.8 Å². The minimum atomic E-state index is -0.0893. The SMILES string of the molecule is COc1ccc(-c2nnc(SCC(=O)Nc3cc(C)cc(C)c3)n2-c2ccccc2)cc1. The number of aryl methyl sites for hydroxylation is 2. The predicted molar refractivity (Wildman–Crippen MR) is 129 cm³/mol. The number of hydrogen-bond acceptors (Lipinski definition) is 5. The number of rotatable bonds is 7. The van der Waals surface area contributed by atoms with E-state index in [2.05, 4.69) is 21.6 Å². The third-order valence-corrected chi connectivity index (χ3v) is 5.76. The summed E-state index contributed by atoms with van der Waals surface area (Å²) in [7, 11) is 1.64. The molecule has 0 unspecified atom stereocenters. The number of ether oxygens (including phenoxy) is 1. The second kappa shape index (κ2) is 9.70. The van der Waals surface area contributed by atoms with Gasteiger partial charge in [0.25, 0.3) is 0 Å². The van der Waals surface area contributed by atoms with Crippen LogP contribution in [0.4, 0.5) is 5.69 Å². The Morgan fingerprint density at radius 1 is 0.969 bits per heavy atom. The number of hydrogen-bond donors (Lipinski definition) is 1. The van der Waals surface area contributed by atoms with E-state index in [1.807, 2.05) is 85.1 Å². The zero-order chi connectivity index (χ0) is 22.5. The van der Waals surface area contributed by atoms with E-state index in [1.165, 1.54) is 11.8 Å². The smallest absolute Gasteiger partial charge is 0.234 e. The summed E-state index contributed by atoms with van der Waals surface area (Å²) in [6.45, 7) is 4.03. The van der Waals surface area contributed by atoms with E-state index < -0.39 is 0 Å². The third-order valence-electron chi connectivity index (χ3n) is 4.83. The standard InChI is InChI=1S/C25H24N4O2S/c1-17-13-18(2)15-20(14-17)26-23(30)16-32-25-28-27-24(19-9-11-22(31-3)12-10-19)29(25)21-7-5-4-6-8-21/h4-15H,16H2,1-3H3,(H,26,30). The van der Waals surface area contributed by atoms with E-state index in [0.717, 1.165) is 33.8 Å². The molecule has 0 atom stereocenters. The van der Waals surface area contributed by atoms with Crippen molar-refractivity contribution in [2.75, 3.05) is 18.2 Å². The average Bonchev–Trinajstić information content (AvgIpc) is 3.21. The Labute approximate surface area is 191 Å². The van der Waals surface area contributed by atoms with Gasteiger partial charge in [0.2, 0.25) is 5.91 Å². The number of carbonyl (C=O) groups excluding carboxylic acids is 1. The maximum absolute atomic E-state index is 12.6. The van der Waals surface area contributed by atoms with Gasteiger partial charge in [0, 0.05) is 16.9 Å². The highest BCUT2D eigenvalue weighted by molar-refractivity contribution is 7.99. The Morgan fingerprint density at radius 3 is 2.31 bits per heavy atom. The molecule has 1 aromatic heterocycles. The van der Waals surface area contributed by atoms with Crippen LogP contribution in [0.5, 0.6) is 5.75 Å². The minimum absolute atomic E-state index is 0.0893. The molecule has 0 bridgehead atoms. The van der Waals surface area contributed by atoms with E-state index >= 15 is 0 Å². The fourth-order valence-corrected chi connectivity index (χ4v) is 4.23. The van der Waals surface area contributed by atoms with E-state index in [4.69, 9.17) is 4.74 Å². The van der Waals surface area contributed by atoms with Crippen LogP contribution >= 0.6 is 11.8 Å². The zero-order valence-electron chi connectivity index (χ0n) is 18.2. The first-order valence-electron chi connectivity index (χ1n) is 10.2. The Bertz CT molecular complexity index is 1200. The molecule has 162 valence electrons. The summed E-state index contributed by atoms with van der Waals surface area (Å²) in [4.78, 5) is 12.6. The van der Waals surface area contributed by atoms with Gasteiger partial charge >= 0.3 is 0 Å². The third kappa shape index (κ3) is 5.00. The molecule has 0 radical (unpaired) electrons. The number of carbonyl (C=O) groups is 1. The molecule has 0 aliphatic heterocycles. The summed E-state index contributed by atoms with van der Waals surface area (Å²) in [5.74, 6) is 1.61. The van der Waals surface area contributed by atoms with Crippen molar-refractivity contribution >= 4 is 23.4 Å². The molecule has 0 saturated carbocycles. The maximum Gasteiger partial charge on any atom is 0.234 e. The Kier molecular flexibility index (Phi) is 6.56. The number of thioether (sulfide) groups is 1. The fourth-order valence-electron chi connectivity index (χ4n) is 3.47. The number of para-hydroxylation sites is 1. The molecule has 0 fully saturated rings. The molecule has 0 aliphatic carbocycles. The molecule has 7 heteroatoms. The van der Waals surface area contributed by atoms with Crippen molar-refractivity contribution in [3.63, 3.8) is 0 Å². The molecular formula is C25H24N4O2S. The maximum atomic E-state index is 12.6. The van der Waals surface area contributed by atoms with Gasteiger partial charge in [0.05, 0.1) is 12.9 Å². The average molecular weight is 445 g/mol. The van der Waals surface area contributed by atoms with Crippen molar-refractivity contribution in [3.8, 4) is 22.8 Å². The first-order valence-corrected chi connectivity index (χ1v) is 11.2. The molecule has 0 spiro atoms. The first-order chi connectivity index (χ1) is 15.5. The molecular weight excluding hydrogens is 420 g/mol. The Hall–Kier alpha value is -3.58. The van der Waals surface area contributed by atoms with Gasteiger partial charge in [-0.05, 0) is 73.5 Å². The Balaban J connectivity index is 1.58. The molecule has 4 aromatic rings. The van der Waals surface area contributed by atoms with Gasteiger partial charge in [-0.1, -0.05) is 36.0 Å². The van der Waals surface area contributed by atoms with Crippen LogP contribution in [-0.4, -0.2) is 33.5 Å². The summed E-state index contributed by atoms with van der Waals surface area (Å²) >= 11 is 1.35. The number of methoxy groups -OCH3 is 1. The van der Waals surface area contributed by atoms with Crippen LogP contribution in [0.3, 0.4) is 0 Å². The molecule has 1 amide bonds. The molecule has 4 rings (SSSR count). The quantitative estimate of drug-likeness (QED) is 0.392. The summed E-state index contributed by atoms with van der Waals surface area (Å²) < 4.78 is 7.23. The van der Waals surface area contributed by atoms with Crippen molar-refractivity contribution in [3.05, 3.63) is 83.9 Å². The monoisotopic (exact) mass is 444 g/mol. The van der Waals surface area contributed by atoms with Crippen molar-refractivity contribution in [2.45, 2.75) is 19.0 Å². The summed E-state index contributed by atoms with van der Waals surface area (Å²) in [6.07, 6.45) is 0. The largest absolute Gasteiger partial charge is 0.497 e. The van der Waals surface area contributed by atoms with E-state index in [9.17, 15) is 4.79 Å². The molecule has 0 aliphatic rings. The predicted octanol–water partition coefficient (Wildman–Crippen LogP) is 5.29. The molecule has 0 saturated heterocycles. The van der Waals surface area contributed by atoms with Crippen molar-refractivity contribution in [1.29, 1.82) is 0 Å². The lowest BCUT2D eigenvalue weighted by molar-refractivity contribution is -0.113. The number of nitrogens with one attached hydrogen (secondary N) is 1. The van der Waals surface area contributed by atoms with Gasteiger partial charge in [0.1, 0.15) is 5.75 Å². The van der Waals surface area contributed by atoms with E-state index in [0.29, 0.717) is 11.0 Å². The van der Waals surface area contributed by atoms with Gasteiger partial charge < -0.3 is 10.1 Å². The van der Waals surface area contributed by atoms with E-state index in [1.54, 1.807) is 7.11 Å².